The van der Waals surface area contributed by atoms with Crippen LogP contribution in [0.3, 0.4) is 0 Å². The molecule has 3 aromatic rings. The lowest BCUT2D eigenvalue weighted by Crippen LogP contribution is -2.21. The first-order valence-electron chi connectivity index (χ1n) is 11.5. The monoisotopic (exact) mass is 514 g/mol. The molecule has 1 atom stereocenters. The van der Waals surface area contributed by atoms with Crippen LogP contribution in [-0.4, -0.2) is 33.9 Å². The molecule has 0 radical (unpaired) electrons. The van der Waals surface area contributed by atoms with E-state index in [0.29, 0.717) is 40.9 Å². The Labute approximate surface area is 220 Å². The van der Waals surface area contributed by atoms with Crippen molar-refractivity contribution >= 4 is 5.97 Å². The van der Waals surface area contributed by atoms with Gasteiger partial charge in [-0.15, -0.1) is 0 Å². The minimum absolute atomic E-state index is 0.0319. The molecule has 0 bridgehead atoms. The summed E-state index contributed by atoms with van der Waals surface area (Å²) in [7, 11) is 4.39. The predicted octanol–water partition coefficient (Wildman–Crippen LogP) is 4.71. The number of hydrogen-bond acceptors (Lipinski definition) is 9. The van der Waals surface area contributed by atoms with Crippen LogP contribution in [0.25, 0.3) is 0 Å². The van der Waals surface area contributed by atoms with E-state index in [2.05, 4.69) is 12.6 Å². The highest BCUT2D eigenvalue weighted by Crippen LogP contribution is 2.44. The van der Waals surface area contributed by atoms with Crippen molar-refractivity contribution < 1.29 is 33.2 Å². The summed E-state index contributed by atoms with van der Waals surface area (Å²) in [4.78, 5) is 13.0. The first-order valence-corrected chi connectivity index (χ1v) is 11.5. The highest BCUT2D eigenvalue weighted by molar-refractivity contribution is 5.92. The van der Waals surface area contributed by atoms with Gasteiger partial charge in [-0.25, -0.2) is 4.79 Å². The zero-order valence-corrected chi connectivity index (χ0v) is 21.1. The van der Waals surface area contributed by atoms with E-state index < -0.39 is 11.9 Å². The molecule has 3 aromatic carbocycles. The average Bonchev–Trinajstić information content (AvgIpc) is 2.94. The Morgan fingerprint density at radius 1 is 1.05 bits per heavy atom. The fraction of sp³-hybridized carbons (Fsp3) is 0.172. The predicted molar refractivity (Wildman–Crippen MR) is 139 cm³/mol. The van der Waals surface area contributed by atoms with E-state index in [0.717, 1.165) is 5.56 Å². The Morgan fingerprint density at radius 3 is 2.42 bits per heavy atom. The van der Waals surface area contributed by atoms with Gasteiger partial charge in [-0.1, -0.05) is 30.9 Å². The van der Waals surface area contributed by atoms with E-state index in [9.17, 15) is 10.1 Å². The third-order valence-electron chi connectivity index (χ3n) is 5.86. The Morgan fingerprint density at radius 2 is 1.79 bits per heavy atom. The average molecular weight is 515 g/mol. The molecule has 0 aromatic heterocycles. The molecule has 0 saturated heterocycles. The van der Waals surface area contributed by atoms with Crippen LogP contribution >= 0.6 is 0 Å². The number of carbonyl (C=O) groups excluding carboxylic acids is 1. The van der Waals surface area contributed by atoms with Gasteiger partial charge in [0.1, 0.15) is 35.5 Å². The number of nitrogens with two attached hydrogens (primary N) is 1. The SMILES string of the molecule is C=CCOc1cccc(C2C(C#N)=C(N)Oc3cc(OC(=O)c4cc(OC)c(OC)c(OC)c4)ccc32)c1. The van der Waals surface area contributed by atoms with Crippen LogP contribution in [0.5, 0.6) is 34.5 Å². The van der Waals surface area contributed by atoms with Crippen LogP contribution < -0.4 is 34.2 Å². The van der Waals surface area contributed by atoms with Crippen LogP contribution in [0.15, 0.2) is 78.7 Å². The number of hydrogen-bond donors (Lipinski definition) is 1. The van der Waals surface area contributed by atoms with Crippen molar-refractivity contribution in [3.8, 4) is 40.6 Å². The van der Waals surface area contributed by atoms with E-state index in [1.807, 2.05) is 24.3 Å². The van der Waals surface area contributed by atoms with Gasteiger partial charge in [-0.05, 0) is 35.9 Å². The van der Waals surface area contributed by atoms with Crippen molar-refractivity contribution in [2.75, 3.05) is 27.9 Å². The quantitative estimate of drug-likeness (QED) is 0.246. The number of methoxy groups -OCH3 is 3. The molecule has 9 nitrogen and oxygen atoms in total. The molecule has 0 saturated carbocycles. The molecule has 38 heavy (non-hydrogen) atoms. The number of benzene rings is 3. The molecule has 0 amide bonds. The fourth-order valence-electron chi connectivity index (χ4n) is 4.15. The summed E-state index contributed by atoms with van der Waals surface area (Å²) in [6, 6.07) is 17.4. The van der Waals surface area contributed by atoms with Crippen molar-refractivity contribution in [3.05, 3.63) is 95.4 Å². The Kier molecular flexibility index (Phi) is 7.73. The number of fused-ring (bicyclic) bond motifs is 1. The number of allylic oxidation sites excluding steroid dienone is 1. The van der Waals surface area contributed by atoms with Gasteiger partial charge in [0.05, 0.1) is 32.8 Å². The molecule has 1 heterocycles. The van der Waals surface area contributed by atoms with Crippen LogP contribution in [0.1, 0.15) is 27.4 Å². The topological polar surface area (TPSA) is 122 Å². The molecule has 1 aliphatic heterocycles. The molecular formula is C29H26N2O7. The van der Waals surface area contributed by atoms with Crippen molar-refractivity contribution in [3.63, 3.8) is 0 Å². The summed E-state index contributed by atoms with van der Waals surface area (Å²) in [6.07, 6.45) is 1.65. The molecule has 0 aliphatic carbocycles. The number of nitriles is 1. The van der Waals surface area contributed by atoms with Gasteiger partial charge in [-0.3, -0.25) is 0 Å². The lowest BCUT2D eigenvalue weighted by Gasteiger charge is -2.27. The zero-order valence-electron chi connectivity index (χ0n) is 21.1. The minimum Gasteiger partial charge on any atom is -0.493 e. The smallest absolute Gasteiger partial charge is 0.343 e. The van der Waals surface area contributed by atoms with Gasteiger partial charge in [0.15, 0.2) is 11.5 Å². The lowest BCUT2D eigenvalue weighted by atomic mass is 9.83. The standard InChI is InChI=1S/C29H26N2O7/c1-5-11-36-19-8-6-7-17(12-19)26-21-10-9-20(15-23(21)38-28(31)22(26)16-30)37-29(32)18-13-24(33-2)27(35-4)25(14-18)34-3/h5-10,12-15,26H,1,11,31H2,2-4H3. The molecule has 194 valence electrons. The van der Waals surface area contributed by atoms with Gasteiger partial charge >= 0.3 is 5.97 Å². The summed E-state index contributed by atoms with van der Waals surface area (Å²) in [5, 5.41) is 9.84. The van der Waals surface area contributed by atoms with E-state index >= 15 is 0 Å². The normalized spacial score (nSPS) is 13.9. The molecule has 9 heteroatoms. The first-order chi connectivity index (χ1) is 18.4. The van der Waals surface area contributed by atoms with Crippen LogP contribution in [0, 0.1) is 11.3 Å². The van der Waals surface area contributed by atoms with Gasteiger partial charge < -0.3 is 34.2 Å². The van der Waals surface area contributed by atoms with Crippen LogP contribution in [-0.2, 0) is 0 Å². The third kappa shape index (κ3) is 5.06. The van der Waals surface area contributed by atoms with Crippen molar-refractivity contribution in [1.29, 1.82) is 5.26 Å². The molecule has 1 unspecified atom stereocenters. The fourth-order valence-corrected chi connectivity index (χ4v) is 4.15. The van der Waals surface area contributed by atoms with Gasteiger partial charge in [-0.2, -0.15) is 5.26 Å². The largest absolute Gasteiger partial charge is 0.493 e. The number of esters is 1. The molecule has 4 rings (SSSR count). The maximum absolute atomic E-state index is 13.0. The van der Waals surface area contributed by atoms with Gasteiger partial charge in [0.25, 0.3) is 0 Å². The van der Waals surface area contributed by atoms with E-state index in [-0.39, 0.29) is 22.8 Å². The maximum Gasteiger partial charge on any atom is 0.343 e. The second-order valence-corrected chi connectivity index (χ2v) is 8.10. The summed E-state index contributed by atoms with van der Waals surface area (Å²) in [5.41, 5.74) is 8.06. The molecular weight excluding hydrogens is 488 g/mol. The number of nitrogens with zero attached hydrogens (tertiary/aromatic N) is 1. The highest BCUT2D eigenvalue weighted by Gasteiger charge is 2.31. The third-order valence-corrected chi connectivity index (χ3v) is 5.86. The van der Waals surface area contributed by atoms with Crippen LogP contribution in [0.2, 0.25) is 0 Å². The Bertz CT molecular complexity index is 1430. The lowest BCUT2D eigenvalue weighted by molar-refractivity contribution is 0.0733. The summed E-state index contributed by atoms with van der Waals surface area (Å²) < 4.78 is 33.0. The second kappa shape index (κ2) is 11.3. The van der Waals surface area contributed by atoms with E-state index in [1.165, 1.54) is 33.5 Å². The van der Waals surface area contributed by atoms with Crippen molar-refractivity contribution in [1.82, 2.24) is 0 Å². The Balaban J connectivity index is 1.67. The van der Waals surface area contributed by atoms with Gasteiger partial charge in [0.2, 0.25) is 11.6 Å². The highest BCUT2D eigenvalue weighted by atomic mass is 16.5. The molecule has 0 fully saturated rings. The summed E-state index contributed by atoms with van der Waals surface area (Å²) in [6.45, 7) is 4.01. The van der Waals surface area contributed by atoms with Crippen molar-refractivity contribution in [2.24, 2.45) is 5.73 Å². The molecule has 2 N–H and O–H groups in total. The van der Waals surface area contributed by atoms with E-state index in [4.69, 9.17) is 34.2 Å². The van der Waals surface area contributed by atoms with E-state index in [1.54, 1.807) is 24.3 Å². The second-order valence-electron chi connectivity index (χ2n) is 8.10. The zero-order chi connectivity index (χ0) is 27.2. The van der Waals surface area contributed by atoms with Crippen LogP contribution in [0.4, 0.5) is 0 Å². The molecule has 1 aliphatic rings. The number of ether oxygens (including phenoxy) is 6. The summed E-state index contributed by atoms with van der Waals surface area (Å²) >= 11 is 0. The Hall–Kier alpha value is -5.10. The first kappa shape index (κ1) is 26.0. The van der Waals surface area contributed by atoms with Gasteiger partial charge in [0, 0.05) is 11.6 Å². The number of rotatable bonds is 9. The molecule has 0 spiro atoms. The minimum atomic E-state index is -0.648. The van der Waals surface area contributed by atoms with Crippen molar-refractivity contribution in [2.45, 2.75) is 5.92 Å². The summed E-state index contributed by atoms with van der Waals surface area (Å²) in [5.74, 6) is 1.01. The maximum atomic E-state index is 13.0. The number of carbonyl (C=O) groups is 1.